The highest BCUT2D eigenvalue weighted by Gasteiger charge is 2.16. The van der Waals surface area contributed by atoms with Crippen LogP contribution in [0.2, 0.25) is 0 Å². The van der Waals surface area contributed by atoms with Crippen LogP contribution >= 0.6 is 0 Å². The standard InChI is InChI=1S/C11H22N4O2/c1-11(2,3-5-16)9-12-7-10-8-15(4-6-17)14-13-10/h8,12,16-17H,3-7,9H2,1-2H3. The number of aromatic nitrogens is 3. The molecule has 1 aromatic heterocycles. The molecular weight excluding hydrogens is 220 g/mol. The third kappa shape index (κ3) is 5.25. The smallest absolute Gasteiger partial charge is 0.0964 e. The topological polar surface area (TPSA) is 83.2 Å². The Morgan fingerprint density at radius 1 is 1.35 bits per heavy atom. The van der Waals surface area contributed by atoms with Gasteiger partial charge in [0.05, 0.1) is 18.8 Å². The van der Waals surface area contributed by atoms with Gasteiger partial charge in [0.1, 0.15) is 0 Å². The fourth-order valence-electron chi connectivity index (χ4n) is 1.55. The molecule has 0 fully saturated rings. The van der Waals surface area contributed by atoms with Crippen LogP contribution in [0.4, 0.5) is 0 Å². The zero-order valence-electron chi connectivity index (χ0n) is 10.6. The maximum absolute atomic E-state index is 8.90. The number of rotatable bonds is 8. The molecule has 0 aliphatic rings. The van der Waals surface area contributed by atoms with E-state index in [1.807, 2.05) is 6.20 Å². The maximum Gasteiger partial charge on any atom is 0.0964 e. The van der Waals surface area contributed by atoms with Crippen molar-refractivity contribution >= 4 is 0 Å². The van der Waals surface area contributed by atoms with Crippen LogP contribution in [-0.2, 0) is 13.1 Å². The van der Waals surface area contributed by atoms with Gasteiger partial charge in [-0.1, -0.05) is 19.1 Å². The van der Waals surface area contributed by atoms with Gasteiger partial charge in [0, 0.05) is 25.9 Å². The average Bonchev–Trinajstić information content (AvgIpc) is 2.66. The summed E-state index contributed by atoms with van der Waals surface area (Å²) in [5.74, 6) is 0. The summed E-state index contributed by atoms with van der Waals surface area (Å²) in [6.45, 7) is 6.45. The zero-order chi connectivity index (χ0) is 12.7. The van der Waals surface area contributed by atoms with Crippen molar-refractivity contribution in [2.45, 2.75) is 33.4 Å². The molecular formula is C11H22N4O2. The van der Waals surface area contributed by atoms with E-state index in [2.05, 4.69) is 29.5 Å². The molecule has 0 atom stereocenters. The third-order valence-corrected chi connectivity index (χ3v) is 2.61. The molecule has 0 aromatic carbocycles. The van der Waals surface area contributed by atoms with Crippen LogP contribution in [-0.4, -0.2) is 45.0 Å². The Morgan fingerprint density at radius 3 is 2.76 bits per heavy atom. The lowest BCUT2D eigenvalue weighted by Gasteiger charge is -2.23. The van der Waals surface area contributed by atoms with Gasteiger partial charge in [-0.3, -0.25) is 0 Å². The summed E-state index contributed by atoms with van der Waals surface area (Å²) in [6, 6.07) is 0. The van der Waals surface area contributed by atoms with E-state index in [9.17, 15) is 0 Å². The summed E-state index contributed by atoms with van der Waals surface area (Å²) in [5.41, 5.74) is 0.939. The van der Waals surface area contributed by atoms with Crippen LogP contribution in [0.3, 0.4) is 0 Å². The SMILES string of the molecule is CC(C)(CCO)CNCc1cn(CCO)nn1. The van der Waals surface area contributed by atoms with E-state index in [0.717, 1.165) is 18.7 Å². The van der Waals surface area contributed by atoms with Gasteiger partial charge in [0.25, 0.3) is 0 Å². The summed E-state index contributed by atoms with van der Waals surface area (Å²) < 4.78 is 1.62. The van der Waals surface area contributed by atoms with Crippen molar-refractivity contribution in [2.75, 3.05) is 19.8 Å². The molecule has 17 heavy (non-hydrogen) atoms. The Labute approximate surface area is 102 Å². The van der Waals surface area contributed by atoms with E-state index in [-0.39, 0.29) is 18.6 Å². The Morgan fingerprint density at radius 2 is 2.12 bits per heavy atom. The Hall–Kier alpha value is -0.980. The molecule has 1 rings (SSSR count). The molecule has 0 amide bonds. The number of nitrogens with one attached hydrogen (secondary N) is 1. The maximum atomic E-state index is 8.90. The van der Waals surface area contributed by atoms with Crippen LogP contribution < -0.4 is 5.32 Å². The van der Waals surface area contributed by atoms with Gasteiger partial charge in [-0.05, 0) is 11.8 Å². The molecule has 0 unspecified atom stereocenters. The number of hydrogen-bond acceptors (Lipinski definition) is 5. The first-order valence-corrected chi connectivity index (χ1v) is 5.89. The second-order valence-corrected chi connectivity index (χ2v) is 4.94. The van der Waals surface area contributed by atoms with Crippen molar-refractivity contribution < 1.29 is 10.2 Å². The molecule has 3 N–H and O–H groups in total. The summed E-state index contributed by atoms with van der Waals surface area (Å²) in [4.78, 5) is 0. The predicted molar refractivity (Wildman–Crippen MR) is 64.3 cm³/mol. The second-order valence-electron chi connectivity index (χ2n) is 4.94. The van der Waals surface area contributed by atoms with E-state index in [4.69, 9.17) is 10.2 Å². The third-order valence-electron chi connectivity index (χ3n) is 2.61. The number of nitrogens with zero attached hydrogens (tertiary/aromatic N) is 3. The summed E-state index contributed by atoms with van der Waals surface area (Å²) in [6.07, 6.45) is 2.60. The summed E-state index contributed by atoms with van der Waals surface area (Å²) >= 11 is 0. The molecule has 6 nitrogen and oxygen atoms in total. The first-order chi connectivity index (χ1) is 8.07. The predicted octanol–water partition coefficient (Wildman–Crippen LogP) is -0.231. The van der Waals surface area contributed by atoms with Crippen molar-refractivity contribution in [1.29, 1.82) is 0 Å². The van der Waals surface area contributed by atoms with Crippen LogP contribution in [0.15, 0.2) is 6.20 Å². The molecule has 0 radical (unpaired) electrons. The first kappa shape index (κ1) is 14.1. The highest BCUT2D eigenvalue weighted by Crippen LogP contribution is 2.17. The number of aliphatic hydroxyl groups excluding tert-OH is 2. The lowest BCUT2D eigenvalue weighted by atomic mass is 9.90. The van der Waals surface area contributed by atoms with Gasteiger partial charge < -0.3 is 15.5 Å². The molecule has 0 saturated carbocycles. The van der Waals surface area contributed by atoms with E-state index < -0.39 is 0 Å². The summed E-state index contributed by atoms with van der Waals surface area (Å²) in [7, 11) is 0. The molecule has 0 bridgehead atoms. The Bertz CT molecular complexity index is 325. The highest BCUT2D eigenvalue weighted by molar-refractivity contribution is 4.91. The van der Waals surface area contributed by atoms with E-state index in [1.165, 1.54) is 0 Å². The van der Waals surface area contributed by atoms with Crippen molar-refractivity contribution in [3.05, 3.63) is 11.9 Å². The fourth-order valence-corrected chi connectivity index (χ4v) is 1.55. The average molecular weight is 242 g/mol. The molecule has 0 saturated heterocycles. The Kier molecular flexibility index (Phi) is 5.54. The van der Waals surface area contributed by atoms with Gasteiger partial charge >= 0.3 is 0 Å². The number of aliphatic hydroxyl groups is 2. The molecule has 6 heteroatoms. The van der Waals surface area contributed by atoms with E-state index in [1.54, 1.807) is 4.68 Å². The zero-order valence-corrected chi connectivity index (χ0v) is 10.6. The van der Waals surface area contributed by atoms with Crippen LogP contribution in [0.5, 0.6) is 0 Å². The minimum atomic E-state index is 0.0692. The number of hydrogen-bond donors (Lipinski definition) is 3. The van der Waals surface area contributed by atoms with E-state index in [0.29, 0.717) is 13.1 Å². The van der Waals surface area contributed by atoms with Crippen molar-refractivity contribution in [1.82, 2.24) is 20.3 Å². The minimum absolute atomic E-state index is 0.0692. The molecule has 0 spiro atoms. The molecule has 98 valence electrons. The second kappa shape index (κ2) is 6.68. The van der Waals surface area contributed by atoms with Crippen LogP contribution in [0.1, 0.15) is 26.0 Å². The highest BCUT2D eigenvalue weighted by atomic mass is 16.3. The van der Waals surface area contributed by atoms with Crippen molar-refractivity contribution in [3.63, 3.8) is 0 Å². The molecule has 0 aliphatic carbocycles. The monoisotopic (exact) mass is 242 g/mol. The van der Waals surface area contributed by atoms with Crippen molar-refractivity contribution in [3.8, 4) is 0 Å². The van der Waals surface area contributed by atoms with Gasteiger partial charge in [-0.25, -0.2) is 4.68 Å². The quantitative estimate of drug-likeness (QED) is 0.586. The molecule has 0 aliphatic heterocycles. The van der Waals surface area contributed by atoms with Gasteiger partial charge in [0.15, 0.2) is 0 Å². The fraction of sp³-hybridized carbons (Fsp3) is 0.818. The van der Waals surface area contributed by atoms with Crippen molar-refractivity contribution in [2.24, 2.45) is 5.41 Å². The largest absolute Gasteiger partial charge is 0.396 e. The molecule has 1 aromatic rings. The minimum Gasteiger partial charge on any atom is -0.396 e. The Balaban J connectivity index is 2.30. The van der Waals surface area contributed by atoms with Gasteiger partial charge in [0.2, 0.25) is 0 Å². The van der Waals surface area contributed by atoms with Gasteiger partial charge in [-0.15, -0.1) is 5.10 Å². The van der Waals surface area contributed by atoms with Crippen LogP contribution in [0, 0.1) is 5.41 Å². The lowest BCUT2D eigenvalue weighted by molar-refractivity contribution is 0.207. The lowest BCUT2D eigenvalue weighted by Crippen LogP contribution is -2.30. The first-order valence-electron chi connectivity index (χ1n) is 5.89. The van der Waals surface area contributed by atoms with Gasteiger partial charge in [-0.2, -0.15) is 0 Å². The molecule has 1 heterocycles. The van der Waals surface area contributed by atoms with Crippen LogP contribution in [0.25, 0.3) is 0 Å². The summed E-state index contributed by atoms with van der Waals surface area (Å²) in [5, 5.41) is 28.8. The van der Waals surface area contributed by atoms with E-state index >= 15 is 0 Å². The normalized spacial score (nSPS) is 12.0.